The summed E-state index contributed by atoms with van der Waals surface area (Å²) in [4.78, 5) is 2.30. The van der Waals surface area contributed by atoms with E-state index in [9.17, 15) is 0 Å². The molecule has 0 radical (unpaired) electrons. The lowest BCUT2D eigenvalue weighted by Crippen LogP contribution is -2.43. The van der Waals surface area contributed by atoms with Crippen LogP contribution in [-0.4, -0.2) is 48.8 Å². The number of aliphatic hydroxyl groups excluding tert-OH is 1. The molecule has 0 bridgehead atoms. The molecule has 0 fully saturated rings. The van der Waals surface area contributed by atoms with Crippen LogP contribution in [0.4, 0.5) is 0 Å². The van der Waals surface area contributed by atoms with Crippen molar-refractivity contribution in [2.75, 3.05) is 32.8 Å². The summed E-state index contributed by atoms with van der Waals surface area (Å²) in [6, 6.07) is 0.547. The first-order chi connectivity index (χ1) is 7.45. The first-order valence-corrected chi connectivity index (χ1v) is 6.52. The van der Waals surface area contributed by atoms with E-state index in [4.69, 9.17) is 5.11 Å². The Kier molecular flexibility index (Phi) is 7.98. The molecule has 98 valence electrons. The Morgan fingerprint density at radius 1 is 1.19 bits per heavy atom. The van der Waals surface area contributed by atoms with Crippen LogP contribution in [0.3, 0.4) is 0 Å². The van der Waals surface area contributed by atoms with E-state index < -0.39 is 0 Å². The molecule has 0 spiro atoms. The number of nitrogens with zero attached hydrogens (tertiary/aromatic N) is 1. The van der Waals surface area contributed by atoms with Crippen molar-refractivity contribution in [2.24, 2.45) is 5.41 Å². The molecular formula is C13H30N2O. The molecule has 0 aliphatic heterocycles. The molecule has 1 unspecified atom stereocenters. The van der Waals surface area contributed by atoms with Crippen molar-refractivity contribution >= 4 is 0 Å². The smallest absolute Gasteiger partial charge is 0.0558 e. The van der Waals surface area contributed by atoms with Crippen LogP contribution in [0, 0.1) is 5.41 Å². The molecule has 0 aromatic rings. The van der Waals surface area contributed by atoms with Crippen LogP contribution in [0.25, 0.3) is 0 Å². The van der Waals surface area contributed by atoms with Gasteiger partial charge in [-0.3, -0.25) is 0 Å². The normalized spacial score (nSPS) is 14.4. The lowest BCUT2D eigenvalue weighted by atomic mass is 9.84. The van der Waals surface area contributed by atoms with Crippen molar-refractivity contribution in [3.8, 4) is 0 Å². The fourth-order valence-corrected chi connectivity index (χ4v) is 1.97. The summed E-state index contributed by atoms with van der Waals surface area (Å²) in [5.41, 5.74) is 0.300. The van der Waals surface area contributed by atoms with Crippen LogP contribution in [0.15, 0.2) is 0 Å². The van der Waals surface area contributed by atoms with E-state index in [-0.39, 0.29) is 6.61 Å². The van der Waals surface area contributed by atoms with Gasteiger partial charge in [-0.05, 0) is 31.5 Å². The summed E-state index contributed by atoms with van der Waals surface area (Å²) < 4.78 is 0. The molecule has 0 aliphatic rings. The van der Waals surface area contributed by atoms with E-state index >= 15 is 0 Å². The van der Waals surface area contributed by atoms with Gasteiger partial charge in [0.15, 0.2) is 0 Å². The largest absolute Gasteiger partial charge is 0.395 e. The Hall–Kier alpha value is -0.120. The van der Waals surface area contributed by atoms with Crippen molar-refractivity contribution in [1.29, 1.82) is 0 Å². The quantitative estimate of drug-likeness (QED) is 0.666. The molecule has 0 amide bonds. The molecule has 16 heavy (non-hydrogen) atoms. The van der Waals surface area contributed by atoms with Gasteiger partial charge in [-0.15, -0.1) is 0 Å². The second kappa shape index (κ2) is 8.04. The number of likely N-dealkylation sites (N-methyl/N-ethyl adjacent to an activating group) is 1. The predicted molar refractivity (Wildman–Crippen MR) is 70.7 cm³/mol. The van der Waals surface area contributed by atoms with E-state index in [0.717, 1.165) is 32.6 Å². The summed E-state index contributed by atoms with van der Waals surface area (Å²) in [6.07, 6.45) is 1.14. The second-order valence-corrected chi connectivity index (χ2v) is 5.42. The summed E-state index contributed by atoms with van der Waals surface area (Å²) in [5, 5.41) is 12.5. The van der Waals surface area contributed by atoms with Gasteiger partial charge in [0.2, 0.25) is 0 Å². The highest BCUT2D eigenvalue weighted by Crippen LogP contribution is 2.21. The molecule has 1 atom stereocenters. The number of hydrogen-bond acceptors (Lipinski definition) is 3. The number of nitrogens with one attached hydrogen (secondary N) is 1. The molecule has 0 aromatic heterocycles. The lowest BCUT2D eigenvalue weighted by molar-refractivity contribution is 0.176. The minimum atomic E-state index is 0.259. The third-order valence-corrected chi connectivity index (χ3v) is 3.09. The Morgan fingerprint density at radius 2 is 1.81 bits per heavy atom. The summed E-state index contributed by atoms with van der Waals surface area (Å²) in [5.74, 6) is 0. The maximum Gasteiger partial charge on any atom is 0.0558 e. The van der Waals surface area contributed by atoms with Gasteiger partial charge in [-0.25, -0.2) is 0 Å². The molecule has 0 rings (SSSR count). The average molecular weight is 230 g/mol. The number of rotatable bonds is 8. The first kappa shape index (κ1) is 15.9. The van der Waals surface area contributed by atoms with Crippen LogP contribution in [-0.2, 0) is 0 Å². The van der Waals surface area contributed by atoms with Crippen LogP contribution >= 0.6 is 0 Å². The Labute approximate surface area is 101 Å². The zero-order valence-corrected chi connectivity index (χ0v) is 11.7. The molecule has 0 saturated carbocycles. The average Bonchev–Trinajstić information content (AvgIpc) is 2.20. The third-order valence-electron chi connectivity index (χ3n) is 3.09. The summed E-state index contributed by atoms with van der Waals surface area (Å²) in [6.45, 7) is 15.3. The van der Waals surface area contributed by atoms with E-state index in [0.29, 0.717) is 11.5 Å². The number of aliphatic hydroxyl groups is 1. The van der Waals surface area contributed by atoms with Crippen LogP contribution in [0.2, 0.25) is 0 Å². The van der Waals surface area contributed by atoms with Crippen molar-refractivity contribution in [2.45, 2.75) is 47.1 Å². The third kappa shape index (κ3) is 6.46. The van der Waals surface area contributed by atoms with Gasteiger partial charge in [0.1, 0.15) is 0 Å². The minimum Gasteiger partial charge on any atom is -0.395 e. The fraction of sp³-hybridized carbons (Fsp3) is 1.00. The predicted octanol–water partition coefficient (Wildman–Crippen LogP) is 1.71. The van der Waals surface area contributed by atoms with Crippen LogP contribution in [0.1, 0.15) is 41.0 Å². The Morgan fingerprint density at radius 3 is 2.19 bits per heavy atom. The zero-order chi connectivity index (χ0) is 12.6. The SMILES string of the molecule is CCNC(CCN(CC)CCO)C(C)(C)C. The summed E-state index contributed by atoms with van der Waals surface area (Å²) in [7, 11) is 0. The molecule has 0 aromatic carbocycles. The highest BCUT2D eigenvalue weighted by molar-refractivity contribution is 4.81. The molecule has 3 heteroatoms. The van der Waals surface area contributed by atoms with E-state index in [1.54, 1.807) is 0 Å². The molecular weight excluding hydrogens is 200 g/mol. The van der Waals surface area contributed by atoms with Gasteiger partial charge < -0.3 is 15.3 Å². The van der Waals surface area contributed by atoms with Gasteiger partial charge in [-0.2, -0.15) is 0 Å². The minimum absolute atomic E-state index is 0.259. The maximum absolute atomic E-state index is 8.94. The summed E-state index contributed by atoms with van der Waals surface area (Å²) >= 11 is 0. The number of hydrogen-bond donors (Lipinski definition) is 2. The lowest BCUT2D eigenvalue weighted by Gasteiger charge is -2.33. The fourth-order valence-electron chi connectivity index (χ4n) is 1.97. The highest BCUT2D eigenvalue weighted by atomic mass is 16.3. The van der Waals surface area contributed by atoms with Gasteiger partial charge in [0, 0.05) is 12.6 Å². The molecule has 3 nitrogen and oxygen atoms in total. The van der Waals surface area contributed by atoms with Crippen molar-refractivity contribution in [3.63, 3.8) is 0 Å². The second-order valence-electron chi connectivity index (χ2n) is 5.42. The van der Waals surface area contributed by atoms with E-state index in [2.05, 4.69) is 44.8 Å². The molecule has 0 saturated heterocycles. The van der Waals surface area contributed by atoms with E-state index in [1.165, 1.54) is 0 Å². The molecule has 0 heterocycles. The van der Waals surface area contributed by atoms with Crippen LogP contribution in [0.5, 0.6) is 0 Å². The van der Waals surface area contributed by atoms with Crippen molar-refractivity contribution in [3.05, 3.63) is 0 Å². The van der Waals surface area contributed by atoms with Gasteiger partial charge in [-0.1, -0.05) is 34.6 Å². The molecule has 2 N–H and O–H groups in total. The maximum atomic E-state index is 8.94. The Bertz CT molecular complexity index is 166. The highest BCUT2D eigenvalue weighted by Gasteiger charge is 2.23. The van der Waals surface area contributed by atoms with Crippen LogP contribution < -0.4 is 5.32 Å². The van der Waals surface area contributed by atoms with Gasteiger partial charge in [0.05, 0.1) is 6.61 Å². The first-order valence-electron chi connectivity index (χ1n) is 6.52. The van der Waals surface area contributed by atoms with Gasteiger partial charge in [0.25, 0.3) is 0 Å². The van der Waals surface area contributed by atoms with E-state index in [1.807, 2.05) is 0 Å². The monoisotopic (exact) mass is 230 g/mol. The zero-order valence-electron chi connectivity index (χ0n) is 11.7. The van der Waals surface area contributed by atoms with Crippen molar-refractivity contribution in [1.82, 2.24) is 10.2 Å². The topological polar surface area (TPSA) is 35.5 Å². The molecule has 0 aliphatic carbocycles. The van der Waals surface area contributed by atoms with Crippen molar-refractivity contribution < 1.29 is 5.11 Å². The standard InChI is InChI=1S/C13H30N2O/c1-6-14-12(13(3,4)5)8-9-15(7-2)10-11-16/h12,14,16H,6-11H2,1-5H3. The Balaban J connectivity index is 4.09. The van der Waals surface area contributed by atoms with Gasteiger partial charge >= 0.3 is 0 Å².